The molecule has 25 heavy (non-hydrogen) atoms. The molecule has 0 radical (unpaired) electrons. The summed E-state index contributed by atoms with van der Waals surface area (Å²) < 4.78 is 5.25. The Morgan fingerprint density at radius 2 is 1.96 bits per heavy atom. The first-order valence-electron chi connectivity index (χ1n) is 9.52. The highest BCUT2D eigenvalue weighted by Crippen LogP contribution is 2.09. The van der Waals surface area contributed by atoms with Gasteiger partial charge in [0.2, 0.25) is 5.89 Å². The van der Waals surface area contributed by atoms with E-state index in [1.54, 1.807) is 7.05 Å². The van der Waals surface area contributed by atoms with Gasteiger partial charge in [-0.2, -0.15) is 4.98 Å². The highest BCUT2D eigenvalue weighted by Gasteiger charge is 2.10. The Morgan fingerprint density at radius 1 is 1.24 bits per heavy atom. The average molecular weight is 353 g/mol. The monoisotopic (exact) mass is 352 g/mol. The van der Waals surface area contributed by atoms with E-state index in [0.29, 0.717) is 24.9 Å². The van der Waals surface area contributed by atoms with Crippen molar-refractivity contribution in [1.82, 2.24) is 25.7 Å². The maximum atomic E-state index is 5.25. The van der Waals surface area contributed by atoms with Gasteiger partial charge in [0, 0.05) is 32.0 Å². The minimum Gasteiger partial charge on any atom is -0.356 e. The number of nitrogens with one attached hydrogen (secondary N) is 2. The fraction of sp³-hybridized carbons (Fsp3) is 0.833. The Bertz CT molecular complexity index is 496. The van der Waals surface area contributed by atoms with Gasteiger partial charge in [0.15, 0.2) is 11.8 Å². The lowest BCUT2D eigenvalue weighted by Gasteiger charge is -2.21. The number of aromatic nitrogens is 2. The molecule has 7 heteroatoms. The topological polar surface area (TPSA) is 78.6 Å². The summed E-state index contributed by atoms with van der Waals surface area (Å²) >= 11 is 0. The van der Waals surface area contributed by atoms with Crippen molar-refractivity contribution in [2.45, 2.75) is 65.8 Å². The van der Waals surface area contributed by atoms with Gasteiger partial charge >= 0.3 is 0 Å². The number of aliphatic imine (C=N–C) groups is 1. The van der Waals surface area contributed by atoms with E-state index in [-0.39, 0.29) is 5.92 Å². The van der Waals surface area contributed by atoms with Crippen LogP contribution in [0.4, 0.5) is 0 Å². The third-order valence-electron chi connectivity index (χ3n) is 4.24. The zero-order valence-electron chi connectivity index (χ0n) is 16.8. The summed E-state index contributed by atoms with van der Waals surface area (Å²) in [6, 6.07) is 0.387. The number of rotatable bonds is 11. The molecule has 0 aliphatic carbocycles. The summed E-state index contributed by atoms with van der Waals surface area (Å²) in [5.41, 5.74) is 0. The van der Waals surface area contributed by atoms with Gasteiger partial charge in [0.25, 0.3) is 0 Å². The summed E-state index contributed by atoms with van der Waals surface area (Å²) in [6.07, 6.45) is 3.00. The maximum absolute atomic E-state index is 5.25. The Balaban J connectivity index is 2.26. The third-order valence-corrected chi connectivity index (χ3v) is 4.24. The molecule has 1 atom stereocenters. The van der Waals surface area contributed by atoms with E-state index in [1.807, 2.05) is 0 Å². The van der Waals surface area contributed by atoms with Gasteiger partial charge in [-0.3, -0.25) is 4.99 Å². The first-order chi connectivity index (χ1) is 12.0. The van der Waals surface area contributed by atoms with Crippen LogP contribution in [-0.2, 0) is 6.42 Å². The molecule has 0 fully saturated rings. The van der Waals surface area contributed by atoms with Crippen molar-refractivity contribution >= 4 is 5.96 Å². The van der Waals surface area contributed by atoms with Crippen molar-refractivity contribution in [2.24, 2.45) is 4.99 Å². The van der Waals surface area contributed by atoms with Gasteiger partial charge in [-0.15, -0.1) is 0 Å². The Labute approximate surface area is 152 Å². The fourth-order valence-corrected chi connectivity index (χ4v) is 2.55. The van der Waals surface area contributed by atoms with Crippen LogP contribution >= 0.6 is 0 Å². The first-order valence-corrected chi connectivity index (χ1v) is 9.52. The molecule has 1 heterocycles. The number of hydrogen-bond acceptors (Lipinski definition) is 5. The molecule has 0 aliphatic rings. The van der Waals surface area contributed by atoms with Gasteiger partial charge in [-0.1, -0.05) is 32.9 Å². The van der Waals surface area contributed by atoms with E-state index in [9.17, 15) is 0 Å². The van der Waals surface area contributed by atoms with Crippen LogP contribution in [0.2, 0.25) is 0 Å². The predicted octanol–water partition coefficient (Wildman–Crippen LogP) is 2.41. The number of hydrogen-bond donors (Lipinski definition) is 2. The van der Waals surface area contributed by atoms with Crippen molar-refractivity contribution in [3.8, 4) is 0 Å². The van der Waals surface area contributed by atoms with E-state index in [2.05, 4.69) is 65.3 Å². The Kier molecular flexibility index (Phi) is 10.1. The second kappa shape index (κ2) is 11.8. The van der Waals surface area contributed by atoms with E-state index < -0.39 is 0 Å². The maximum Gasteiger partial charge on any atom is 0.228 e. The highest BCUT2D eigenvalue weighted by atomic mass is 16.5. The summed E-state index contributed by atoms with van der Waals surface area (Å²) in [5.74, 6) is 2.54. The molecule has 1 unspecified atom stereocenters. The fourth-order valence-electron chi connectivity index (χ4n) is 2.55. The number of guanidine groups is 1. The number of nitrogens with zero attached hydrogens (tertiary/aromatic N) is 4. The quantitative estimate of drug-likeness (QED) is 0.470. The van der Waals surface area contributed by atoms with Crippen molar-refractivity contribution < 1.29 is 4.52 Å². The van der Waals surface area contributed by atoms with Crippen molar-refractivity contribution in [3.05, 3.63) is 11.7 Å². The van der Waals surface area contributed by atoms with Crippen LogP contribution in [0.15, 0.2) is 9.52 Å². The minimum absolute atomic E-state index is 0.289. The van der Waals surface area contributed by atoms with Crippen LogP contribution in [0.3, 0.4) is 0 Å². The van der Waals surface area contributed by atoms with E-state index >= 15 is 0 Å². The molecule has 2 N–H and O–H groups in total. The molecule has 0 amide bonds. The van der Waals surface area contributed by atoms with Crippen LogP contribution in [0, 0.1) is 0 Å². The smallest absolute Gasteiger partial charge is 0.228 e. The molecule has 0 saturated carbocycles. The summed E-state index contributed by atoms with van der Waals surface area (Å²) in [4.78, 5) is 11.1. The molecule has 1 aromatic heterocycles. The molecule has 0 spiro atoms. The van der Waals surface area contributed by atoms with Gasteiger partial charge < -0.3 is 20.1 Å². The van der Waals surface area contributed by atoms with Crippen LogP contribution in [0.5, 0.6) is 0 Å². The van der Waals surface area contributed by atoms with Gasteiger partial charge in [-0.25, -0.2) is 0 Å². The molecular formula is C18H36N6O. The molecule has 0 saturated heterocycles. The summed E-state index contributed by atoms with van der Waals surface area (Å²) in [7, 11) is 1.79. The Morgan fingerprint density at radius 3 is 2.52 bits per heavy atom. The lowest BCUT2D eigenvalue weighted by molar-refractivity contribution is 0.292. The van der Waals surface area contributed by atoms with E-state index in [0.717, 1.165) is 37.8 Å². The third kappa shape index (κ3) is 8.34. The summed E-state index contributed by atoms with van der Waals surface area (Å²) in [6.45, 7) is 14.8. The molecular weight excluding hydrogens is 316 g/mol. The van der Waals surface area contributed by atoms with Crippen molar-refractivity contribution in [3.63, 3.8) is 0 Å². The van der Waals surface area contributed by atoms with Crippen molar-refractivity contribution in [1.29, 1.82) is 0 Å². The molecule has 0 aliphatic heterocycles. The van der Waals surface area contributed by atoms with Gasteiger partial charge in [0.05, 0.1) is 0 Å². The van der Waals surface area contributed by atoms with Gasteiger partial charge in [-0.05, 0) is 39.4 Å². The zero-order chi connectivity index (χ0) is 18.7. The summed E-state index contributed by atoms with van der Waals surface area (Å²) in [5, 5.41) is 10.7. The van der Waals surface area contributed by atoms with E-state index in [1.165, 1.54) is 6.42 Å². The lowest BCUT2D eigenvalue weighted by Crippen LogP contribution is -2.43. The second-order valence-electron chi connectivity index (χ2n) is 6.66. The lowest BCUT2D eigenvalue weighted by atomic mass is 10.2. The second-order valence-corrected chi connectivity index (χ2v) is 6.66. The average Bonchev–Trinajstić information content (AvgIpc) is 3.07. The van der Waals surface area contributed by atoms with Gasteiger partial charge in [0.1, 0.15) is 0 Å². The molecule has 0 aromatic carbocycles. The largest absolute Gasteiger partial charge is 0.356 e. The Hall–Kier alpha value is -1.63. The normalized spacial score (nSPS) is 13.5. The van der Waals surface area contributed by atoms with Crippen LogP contribution in [0.1, 0.15) is 65.1 Å². The first kappa shape index (κ1) is 21.4. The minimum atomic E-state index is 0.289. The van der Waals surface area contributed by atoms with Crippen LogP contribution < -0.4 is 10.6 Å². The zero-order valence-corrected chi connectivity index (χ0v) is 16.8. The standard InChI is InChI=1S/C18H36N6O/c1-7-24(8-2)13-9-10-15(5)21-18(19-6)20-12-11-16-22-17(14(3)4)23-25-16/h14-15H,7-13H2,1-6H3,(H2,19,20,21). The predicted molar refractivity (Wildman–Crippen MR) is 103 cm³/mol. The molecule has 7 nitrogen and oxygen atoms in total. The molecule has 1 aromatic rings. The van der Waals surface area contributed by atoms with Crippen LogP contribution in [0.25, 0.3) is 0 Å². The molecule has 0 bridgehead atoms. The highest BCUT2D eigenvalue weighted by molar-refractivity contribution is 5.79. The van der Waals surface area contributed by atoms with Crippen molar-refractivity contribution in [2.75, 3.05) is 33.2 Å². The SMILES string of the molecule is CCN(CC)CCCC(C)NC(=NC)NCCc1nc(C(C)C)no1. The van der Waals surface area contributed by atoms with Crippen LogP contribution in [-0.4, -0.2) is 60.3 Å². The molecule has 1 rings (SSSR count). The van der Waals surface area contributed by atoms with E-state index in [4.69, 9.17) is 4.52 Å². The molecule has 144 valence electrons.